The van der Waals surface area contributed by atoms with Crippen molar-refractivity contribution in [2.45, 2.75) is 45.2 Å². The van der Waals surface area contributed by atoms with E-state index in [-0.39, 0.29) is 22.5 Å². The first kappa shape index (κ1) is 15.8. The lowest BCUT2D eigenvalue weighted by Crippen LogP contribution is -2.69. The lowest BCUT2D eigenvalue weighted by Gasteiger charge is -2.44. The van der Waals surface area contributed by atoms with E-state index in [4.69, 9.17) is 11.6 Å². The maximum atomic E-state index is 13.5. The average Bonchev–Trinajstić information content (AvgIpc) is 2.47. The summed E-state index contributed by atoms with van der Waals surface area (Å²) in [5, 5.41) is 3.04. The third kappa shape index (κ3) is 2.50. The largest absolute Gasteiger partial charge is 0.340 e. The molecule has 21 heavy (non-hydrogen) atoms. The minimum atomic E-state index is -0.959. The highest BCUT2D eigenvalue weighted by Gasteiger charge is 2.48. The van der Waals surface area contributed by atoms with Gasteiger partial charge in [0.2, 0.25) is 5.91 Å². The van der Waals surface area contributed by atoms with Crippen molar-refractivity contribution in [1.29, 1.82) is 0 Å². The molecule has 1 unspecified atom stereocenters. The van der Waals surface area contributed by atoms with Gasteiger partial charge in [0, 0.05) is 0 Å². The van der Waals surface area contributed by atoms with Crippen LogP contribution in [0.4, 0.5) is 10.1 Å². The van der Waals surface area contributed by atoms with Crippen molar-refractivity contribution in [3.8, 4) is 0 Å². The van der Waals surface area contributed by atoms with Gasteiger partial charge in [-0.1, -0.05) is 25.4 Å². The van der Waals surface area contributed by atoms with E-state index in [1.165, 1.54) is 23.1 Å². The number of amides is 2. The van der Waals surface area contributed by atoms with E-state index in [2.05, 4.69) is 5.32 Å². The van der Waals surface area contributed by atoms with Crippen LogP contribution in [0.1, 0.15) is 33.6 Å². The standard InChI is InChI=1S/C15H18ClFN2O2/c1-4-15(5-2)14(21)19(9(3)13(20)18-15)12-8-10(17)6-7-11(12)16/h6-9H,4-5H2,1-3H3,(H,18,20). The predicted molar refractivity (Wildman–Crippen MR) is 79.8 cm³/mol. The predicted octanol–water partition coefficient (Wildman–Crippen LogP) is 2.89. The average molecular weight is 313 g/mol. The maximum absolute atomic E-state index is 13.5. The lowest BCUT2D eigenvalue weighted by atomic mass is 9.87. The van der Waals surface area contributed by atoms with Gasteiger partial charge in [0.15, 0.2) is 0 Å². The number of carbonyl (C=O) groups excluding carboxylic acids is 2. The van der Waals surface area contributed by atoms with Gasteiger partial charge in [0.25, 0.3) is 5.91 Å². The number of nitrogens with one attached hydrogen (secondary N) is 1. The number of carbonyl (C=O) groups is 2. The van der Waals surface area contributed by atoms with Gasteiger partial charge < -0.3 is 5.32 Å². The van der Waals surface area contributed by atoms with Gasteiger partial charge >= 0.3 is 0 Å². The molecule has 0 spiro atoms. The number of benzene rings is 1. The molecule has 1 aromatic carbocycles. The van der Waals surface area contributed by atoms with Gasteiger partial charge in [-0.25, -0.2) is 4.39 Å². The van der Waals surface area contributed by atoms with Gasteiger partial charge in [-0.3, -0.25) is 14.5 Å². The van der Waals surface area contributed by atoms with Crippen LogP contribution in [0, 0.1) is 5.82 Å². The van der Waals surface area contributed by atoms with Crippen LogP contribution in [0.3, 0.4) is 0 Å². The zero-order valence-corrected chi connectivity index (χ0v) is 13.0. The number of halogens is 2. The van der Waals surface area contributed by atoms with E-state index in [0.717, 1.165) is 0 Å². The summed E-state index contributed by atoms with van der Waals surface area (Å²) < 4.78 is 13.5. The maximum Gasteiger partial charge on any atom is 0.253 e. The van der Waals surface area contributed by atoms with E-state index < -0.39 is 17.4 Å². The summed E-state index contributed by atoms with van der Waals surface area (Å²) in [5.41, 5.74) is -0.727. The fraction of sp³-hybridized carbons (Fsp3) is 0.467. The highest BCUT2D eigenvalue weighted by molar-refractivity contribution is 6.34. The highest BCUT2D eigenvalue weighted by atomic mass is 35.5. The number of anilines is 1. The van der Waals surface area contributed by atoms with Gasteiger partial charge in [-0.15, -0.1) is 0 Å². The van der Waals surface area contributed by atoms with Crippen molar-refractivity contribution in [3.63, 3.8) is 0 Å². The molecule has 1 atom stereocenters. The lowest BCUT2D eigenvalue weighted by molar-refractivity contribution is -0.138. The van der Waals surface area contributed by atoms with E-state index in [1.54, 1.807) is 6.92 Å². The molecule has 4 nitrogen and oxygen atoms in total. The van der Waals surface area contributed by atoms with Crippen molar-refractivity contribution in [2.75, 3.05) is 4.90 Å². The van der Waals surface area contributed by atoms with Crippen LogP contribution in [0.15, 0.2) is 18.2 Å². The molecule has 1 N–H and O–H groups in total. The van der Waals surface area contributed by atoms with E-state index in [0.29, 0.717) is 12.8 Å². The van der Waals surface area contributed by atoms with Gasteiger partial charge in [-0.2, -0.15) is 0 Å². The second kappa shape index (κ2) is 5.64. The van der Waals surface area contributed by atoms with Gasteiger partial charge in [0.1, 0.15) is 17.4 Å². The summed E-state index contributed by atoms with van der Waals surface area (Å²) in [6.45, 7) is 5.27. The third-order valence-electron chi connectivity index (χ3n) is 4.13. The molecule has 114 valence electrons. The van der Waals surface area contributed by atoms with Crippen LogP contribution in [-0.2, 0) is 9.59 Å². The first-order valence-corrected chi connectivity index (χ1v) is 7.34. The fourth-order valence-corrected chi connectivity index (χ4v) is 2.84. The van der Waals surface area contributed by atoms with Crippen molar-refractivity contribution in [3.05, 3.63) is 29.0 Å². The van der Waals surface area contributed by atoms with E-state index in [1.807, 2.05) is 13.8 Å². The molecule has 0 bridgehead atoms. The molecule has 1 aliphatic rings. The molecule has 1 heterocycles. The van der Waals surface area contributed by atoms with Crippen molar-refractivity contribution >= 4 is 29.1 Å². The SMILES string of the molecule is CCC1(CC)NC(=O)C(C)N(c2cc(F)ccc2Cl)C1=O. The minimum Gasteiger partial charge on any atom is -0.340 e. The zero-order valence-electron chi connectivity index (χ0n) is 12.2. The molecule has 0 saturated carbocycles. The second-order valence-electron chi connectivity index (χ2n) is 5.23. The molecular formula is C15H18ClFN2O2. The first-order valence-electron chi connectivity index (χ1n) is 6.97. The van der Waals surface area contributed by atoms with Crippen molar-refractivity contribution in [2.24, 2.45) is 0 Å². The Balaban J connectivity index is 2.56. The summed E-state index contributed by atoms with van der Waals surface area (Å²) in [6.07, 6.45) is 0.925. The molecular weight excluding hydrogens is 295 g/mol. The monoisotopic (exact) mass is 312 g/mol. The number of hydrogen-bond donors (Lipinski definition) is 1. The Morgan fingerprint density at radius 2 is 1.95 bits per heavy atom. The van der Waals surface area contributed by atoms with Crippen LogP contribution in [0.2, 0.25) is 5.02 Å². The summed E-state index contributed by atoms with van der Waals surface area (Å²) in [4.78, 5) is 26.4. The molecule has 6 heteroatoms. The fourth-order valence-electron chi connectivity index (χ4n) is 2.64. The van der Waals surface area contributed by atoms with Gasteiger partial charge in [0.05, 0.1) is 10.7 Å². The quantitative estimate of drug-likeness (QED) is 0.933. The molecule has 2 rings (SSSR count). The first-order chi connectivity index (χ1) is 9.86. The van der Waals surface area contributed by atoms with Gasteiger partial charge in [-0.05, 0) is 38.0 Å². The molecule has 1 fully saturated rings. The Hall–Kier alpha value is -1.62. The number of rotatable bonds is 3. The van der Waals surface area contributed by atoms with Crippen molar-refractivity contribution in [1.82, 2.24) is 5.32 Å². The summed E-state index contributed by atoms with van der Waals surface area (Å²) >= 11 is 6.10. The molecule has 0 radical (unpaired) electrons. The van der Waals surface area contributed by atoms with Crippen molar-refractivity contribution < 1.29 is 14.0 Å². The molecule has 1 aromatic rings. The third-order valence-corrected chi connectivity index (χ3v) is 4.45. The Morgan fingerprint density at radius 3 is 2.52 bits per heavy atom. The van der Waals surface area contributed by atoms with Crippen LogP contribution in [0.25, 0.3) is 0 Å². The van der Waals surface area contributed by atoms with E-state index >= 15 is 0 Å². The summed E-state index contributed by atoms with van der Waals surface area (Å²) in [5.74, 6) is -1.02. The number of nitrogens with zero attached hydrogens (tertiary/aromatic N) is 1. The smallest absolute Gasteiger partial charge is 0.253 e. The van der Waals surface area contributed by atoms with Crippen LogP contribution < -0.4 is 10.2 Å². The molecule has 2 amide bonds. The van der Waals surface area contributed by atoms with Crippen LogP contribution >= 0.6 is 11.6 Å². The Kier molecular flexibility index (Phi) is 4.23. The van der Waals surface area contributed by atoms with Crippen LogP contribution in [-0.4, -0.2) is 23.4 Å². The molecule has 1 saturated heterocycles. The highest BCUT2D eigenvalue weighted by Crippen LogP contribution is 2.34. The minimum absolute atomic E-state index is 0.232. The zero-order chi connectivity index (χ0) is 15.8. The Morgan fingerprint density at radius 1 is 1.33 bits per heavy atom. The summed E-state index contributed by atoms with van der Waals surface area (Å²) in [7, 11) is 0. The molecule has 0 aliphatic carbocycles. The normalized spacial score (nSPS) is 21.4. The second-order valence-corrected chi connectivity index (χ2v) is 5.63. The van der Waals surface area contributed by atoms with E-state index in [9.17, 15) is 14.0 Å². The Bertz CT molecular complexity index is 587. The number of hydrogen-bond acceptors (Lipinski definition) is 2. The Labute approximate surface area is 128 Å². The number of piperazine rings is 1. The molecule has 1 aliphatic heterocycles. The van der Waals surface area contributed by atoms with Crippen LogP contribution in [0.5, 0.6) is 0 Å². The topological polar surface area (TPSA) is 49.4 Å². The molecule has 0 aromatic heterocycles. The summed E-state index contributed by atoms with van der Waals surface area (Å²) in [6, 6.07) is 3.06.